The minimum atomic E-state index is 0.493. The van der Waals surface area contributed by atoms with Crippen LogP contribution in [0, 0.1) is 5.92 Å². The summed E-state index contributed by atoms with van der Waals surface area (Å²) in [6.45, 7) is 1.000. The van der Waals surface area contributed by atoms with Crippen LogP contribution >= 0.6 is 0 Å². The molecule has 0 spiro atoms. The standard InChI is InChI=1S/C16H15NO/c1-2-6-16-13(4-1)11-7-8-15-12(5-3-9-17-15)14(11)10-18-16/h1-2,4,6-7,10,12H,3,5,8-9H2. The fraction of sp³-hybridized carbons (Fsp3) is 0.312. The maximum Gasteiger partial charge on any atom is 0.134 e. The maximum atomic E-state index is 5.78. The second-order valence-electron chi connectivity index (χ2n) is 5.08. The van der Waals surface area contributed by atoms with Crippen LogP contribution in [0.25, 0.3) is 5.57 Å². The number of allylic oxidation sites excluding steroid dienone is 3. The molecule has 0 fully saturated rings. The van der Waals surface area contributed by atoms with Gasteiger partial charge in [-0.2, -0.15) is 0 Å². The normalized spacial score (nSPS) is 24.7. The molecule has 0 N–H and O–H groups in total. The first-order valence-electron chi connectivity index (χ1n) is 6.63. The van der Waals surface area contributed by atoms with Crippen LogP contribution in [0.3, 0.4) is 0 Å². The van der Waals surface area contributed by atoms with Crippen LogP contribution < -0.4 is 4.74 Å². The zero-order valence-corrected chi connectivity index (χ0v) is 10.2. The van der Waals surface area contributed by atoms with Gasteiger partial charge < -0.3 is 4.74 Å². The lowest BCUT2D eigenvalue weighted by Crippen LogP contribution is -2.26. The van der Waals surface area contributed by atoms with Gasteiger partial charge in [0.15, 0.2) is 0 Å². The lowest BCUT2D eigenvalue weighted by molar-refractivity contribution is 0.459. The molecule has 1 aromatic carbocycles. The third-order valence-electron chi connectivity index (χ3n) is 4.06. The molecule has 0 saturated heterocycles. The van der Waals surface area contributed by atoms with E-state index >= 15 is 0 Å². The summed E-state index contributed by atoms with van der Waals surface area (Å²) < 4.78 is 5.78. The number of rotatable bonds is 0. The van der Waals surface area contributed by atoms with E-state index in [1.165, 1.54) is 35.3 Å². The second kappa shape index (κ2) is 3.84. The summed E-state index contributed by atoms with van der Waals surface area (Å²) in [5.74, 6) is 1.47. The zero-order chi connectivity index (χ0) is 11.9. The largest absolute Gasteiger partial charge is 0.464 e. The van der Waals surface area contributed by atoms with Crippen molar-refractivity contribution in [3.05, 3.63) is 47.7 Å². The van der Waals surface area contributed by atoms with Crippen LogP contribution in [-0.4, -0.2) is 12.3 Å². The Morgan fingerprint density at radius 2 is 2.17 bits per heavy atom. The summed E-state index contributed by atoms with van der Waals surface area (Å²) in [5.41, 5.74) is 5.28. The quantitative estimate of drug-likeness (QED) is 0.675. The van der Waals surface area contributed by atoms with E-state index in [4.69, 9.17) is 4.74 Å². The van der Waals surface area contributed by atoms with Crippen LogP contribution in [0.5, 0.6) is 5.75 Å². The number of ether oxygens (including phenoxy) is 1. The number of nitrogens with zero attached hydrogens (tertiary/aromatic N) is 1. The molecule has 1 unspecified atom stereocenters. The molecule has 1 aromatic rings. The smallest absolute Gasteiger partial charge is 0.134 e. The molecular formula is C16H15NO. The highest BCUT2D eigenvalue weighted by molar-refractivity contribution is 6.01. The van der Waals surface area contributed by atoms with Gasteiger partial charge in [0.2, 0.25) is 0 Å². The topological polar surface area (TPSA) is 21.6 Å². The van der Waals surface area contributed by atoms with E-state index in [-0.39, 0.29) is 0 Å². The lowest BCUT2D eigenvalue weighted by Gasteiger charge is -2.33. The highest BCUT2D eigenvalue weighted by Crippen LogP contribution is 2.44. The Kier molecular flexibility index (Phi) is 2.16. The number of fused-ring (bicyclic) bond motifs is 5. The van der Waals surface area contributed by atoms with Crippen molar-refractivity contribution in [1.29, 1.82) is 0 Å². The summed E-state index contributed by atoms with van der Waals surface area (Å²) in [7, 11) is 0. The molecule has 0 radical (unpaired) electrons. The number of hydrogen-bond donors (Lipinski definition) is 0. The first-order chi connectivity index (χ1) is 8.93. The van der Waals surface area contributed by atoms with Gasteiger partial charge in [-0.3, -0.25) is 4.99 Å². The average molecular weight is 237 g/mol. The molecule has 0 amide bonds. The molecule has 2 aliphatic heterocycles. The van der Waals surface area contributed by atoms with E-state index in [1.54, 1.807) is 0 Å². The molecule has 2 heterocycles. The average Bonchev–Trinajstić information content (AvgIpc) is 2.46. The minimum Gasteiger partial charge on any atom is -0.464 e. The van der Waals surface area contributed by atoms with E-state index in [0.29, 0.717) is 5.92 Å². The maximum absolute atomic E-state index is 5.78. The van der Waals surface area contributed by atoms with E-state index < -0.39 is 0 Å². The highest BCUT2D eigenvalue weighted by Gasteiger charge is 2.32. The van der Waals surface area contributed by atoms with Gasteiger partial charge in [0.05, 0.1) is 6.26 Å². The number of hydrogen-bond acceptors (Lipinski definition) is 2. The predicted octanol–water partition coefficient (Wildman–Crippen LogP) is 3.60. The molecule has 90 valence electrons. The first-order valence-corrected chi connectivity index (χ1v) is 6.63. The van der Waals surface area contributed by atoms with Crippen LogP contribution in [-0.2, 0) is 0 Å². The van der Waals surface area contributed by atoms with Crippen molar-refractivity contribution in [3.8, 4) is 5.75 Å². The van der Waals surface area contributed by atoms with Crippen LogP contribution in [0.1, 0.15) is 24.8 Å². The zero-order valence-electron chi connectivity index (χ0n) is 10.2. The van der Waals surface area contributed by atoms with Gasteiger partial charge in [0.25, 0.3) is 0 Å². The summed E-state index contributed by atoms with van der Waals surface area (Å²) in [6, 6.07) is 8.29. The van der Waals surface area contributed by atoms with Crippen molar-refractivity contribution in [2.75, 3.05) is 6.54 Å². The lowest BCUT2D eigenvalue weighted by atomic mass is 9.76. The molecule has 2 nitrogen and oxygen atoms in total. The van der Waals surface area contributed by atoms with E-state index in [9.17, 15) is 0 Å². The van der Waals surface area contributed by atoms with E-state index in [2.05, 4.69) is 23.2 Å². The Hall–Kier alpha value is -1.83. The summed E-state index contributed by atoms with van der Waals surface area (Å²) in [4.78, 5) is 4.67. The Labute approximate surface area is 107 Å². The van der Waals surface area contributed by atoms with E-state index in [1.807, 2.05) is 18.4 Å². The second-order valence-corrected chi connectivity index (χ2v) is 5.08. The Morgan fingerprint density at radius 3 is 3.17 bits per heavy atom. The van der Waals surface area contributed by atoms with Crippen molar-refractivity contribution in [2.45, 2.75) is 19.3 Å². The first kappa shape index (κ1) is 10.1. The monoisotopic (exact) mass is 237 g/mol. The molecule has 4 rings (SSSR count). The highest BCUT2D eigenvalue weighted by atomic mass is 16.5. The number of benzene rings is 1. The van der Waals surface area contributed by atoms with Crippen molar-refractivity contribution in [2.24, 2.45) is 10.9 Å². The third kappa shape index (κ3) is 1.38. The van der Waals surface area contributed by atoms with Crippen molar-refractivity contribution in [1.82, 2.24) is 0 Å². The van der Waals surface area contributed by atoms with Gasteiger partial charge in [-0.05, 0) is 24.5 Å². The molecule has 2 heteroatoms. The fourth-order valence-corrected chi connectivity index (χ4v) is 3.18. The van der Waals surface area contributed by atoms with Gasteiger partial charge in [-0.1, -0.05) is 24.3 Å². The van der Waals surface area contributed by atoms with Crippen molar-refractivity contribution < 1.29 is 4.74 Å². The van der Waals surface area contributed by atoms with Gasteiger partial charge in [-0.25, -0.2) is 0 Å². The predicted molar refractivity (Wildman–Crippen MR) is 72.8 cm³/mol. The van der Waals surface area contributed by atoms with Gasteiger partial charge in [0.1, 0.15) is 5.75 Å². The van der Waals surface area contributed by atoms with Gasteiger partial charge in [0, 0.05) is 35.7 Å². The Balaban J connectivity index is 1.85. The molecule has 18 heavy (non-hydrogen) atoms. The van der Waals surface area contributed by atoms with Gasteiger partial charge in [-0.15, -0.1) is 0 Å². The SMILES string of the molecule is C1=C2C(=COc3ccccc32)C2CCCN=C2C1. The molecule has 1 atom stereocenters. The molecule has 3 aliphatic rings. The van der Waals surface area contributed by atoms with Crippen LogP contribution in [0.2, 0.25) is 0 Å². The molecule has 0 bridgehead atoms. The van der Waals surface area contributed by atoms with Crippen molar-refractivity contribution >= 4 is 11.3 Å². The summed E-state index contributed by atoms with van der Waals surface area (Å²) in [5, 5.41) is 0. The molecule has 0 saturated carbocycles. The Morgan fingerprint density at radius 1 is 1.22 bits per heavy atom. The summed E-state index contributed by atoms with van der Waals surface area (Å²) >= 11 is 0. The van der Waals surface area contributed by atoms with Crippen LogP contribution in [0.4, 0.5) is 0 Å². The Bertz CT molecular complexity index is 595. The van der Waals surface area contributed by atoms with Crippen LogP contribution in [0.15, 0.2) is 47.2 Å². The molecule has 0 aromatic heterocycles. The van der Waals surface area contributed by atoms with Crippen molar-refractivity contribution in [3.63, 3.8) is 0 Å². The fourth-order valence-electron chi connectivity index (χ4n) is 3.18. The van der Waals surface area contributed by atoms with Gasteiger partial charge >= 0.3 is 0 Å². The minimum absolute atomic E-state index is 0.493. The molecule has 1 aliphatic carbocycles. The number of aliphatic imine (C=N–C) groups is 1. The summed E-state index contributed by atoms with van der Waals surface area (Å²) in [6.07, 6.45) is 7.67. The number of para-hydroxylation sites is 1. The van der Waals surface area contributed by atoms with E-state index in [0.717, 1.165) is 18.7 Å². The molecular weight excluding hydrogens is 222 g/mol. The third-order valence-corrected chi connectivity index (χ3v) is 4.06.